The lowest BCUT2D eigenvalue weighted by atomic mass is 10.2. The van der Waals surface area contributed by atoms with Gasteiger partial charge >= 0.3 is 0 Å². The van der Waals surface area contributed by atoms with Gasteiger partial charge in [-0.15, -0.1) is 0 Å². The van der Waals surface area contributed by atoms with Gasteiger partial charge in [-0.1, -0.05) is 0 Å². The molecule has 17 heavy (non-hydrogen) atoms. The summed E-state index contributed by atoms with van der Waals surface area (Å²) >= 11 is 0. The van der Waals surface area contributed by atoms with Gasteiger partial charge in [0, 0.05) is 26.4 Å². The molecule has 0 amide bonds. The zero-order valence-electron chi connectivity index (χ0n) is 11.8. The van der Waals surface area contributed by atoms with E-state index in [2.05, 4.69) is 0 Å². The van der Waals surface area contributed by atoms with Crippen molar-refractivity contribution >= 4 is 0 Å². The van der Waals surface area contributed by atoms with Crippen molar-refractivity contribution < 1.29 is 14.6 Å². The van der Waals surface area contributed by atoms with E-state index in [-0.39, 0.29) is 0 Å². The lowest BCUT2D eigenvalue weighted by Gasteiger charge is -2.08. The Morgan fingerprint density at radius 2 is 0.882 bits per heavy atom. The van der Waals surface area contributed by atoms with Crippen LogP contribution >= 0.6 is 0 Å². The summed E-state index contributed by atoms with van der Waals surface area (Å²) in [6, 6.07) is 0. The van der Waals surface area contributed by atoms with Crippen molar-refractivity contribution in [3.63, 3.8) is 0 Å². The van der Waals surface area contributed by atoms with Crippen LogP contribution in [-0.2, 0) is 9.47 Å². The Morgan fingerprint density at radius 3 is 0.941 bits per heavy atom. The molecule has 0 radical (unpaired) electrons. The number of hydrogen-bond donors (Lipinski definition) is 1. The van der Waals surface area contributed by atoms with Gasteiger partial charge in [-0.2, -0.15) is 0 Å². The molecule has 0 aromatic heterocycles. The molecule has 0 aliphatic carbocycles. The number of rotatable bonds is 0. The summed E-state index contributed by atoms with van der Waals surface area (Å²) in [4.78, 5) is 0. The molecule has 1 N–H and O–H groups in total. The van der Waals surface area contributed by atoms with Gasteiger partial charge in [0.05, 0.1) is 5.60 Å². The van der Waals surface area contributed by atoms with Gasteiger partial charge < -0.3 is 14.6 Å². The van der Waals surface area contributed by atoms with Gasteiger partial charge in [0.1, 0.15) is 0 Å². The largest absolute Gasteiger partial charge is 0.391 e. The summed E-state index contributed by atoms with van der Waals surface area (Å²) < 4.78 is 10.1. The fourth-order valence-corrected chi connectivity index (χ4v) is 1.37. The Kier molecular flexibility index (Phi) is 10.9. The van der Waals surface area contributed by atoms with Crippen LogP contribution in [0.4, 0.5) is 0 Å². The second-order valence-corrected chi connectivity index (χ2v) is 5.52. The molecule has 2 heterocycles. The molecule has 2 rings (SSSR count). The molecule has 0 atom stereocenters. The van der Waals surface area contributed by atoms with Crippen molar-refractivity contribution in [2.45, 2.75) is 64.9 Å². The van der Waals surface area contributed by atoms with Gasteiger partial charge in [-0.05, 0) is 59.3 Å². The fourth-order valence-electron chi connectivity index (χ4n) is 1.37. The van der Waals surface area contributed by atoms with Crippen molar-refractivity contribution in [2.24, 2.45) is 0 Å². The van der Waals surface area contributed by atoms with Crippen LogP contribution in [-0.4, -0.2) is 37.1 Å². The SMILES string of the molecule is C1CCOCC1.C1CCOCC1.CC(C)(C)O. The van der Waals surface area contributed by atoms with E-state index in [4.69, 9.17) is 14.6 Å². The summed E-state index contributed by atoms with van der Waals surface area (Å²) in [6.45, 7) is 9.23. The predicted octanol–water partition coefficient (Wildman–Crippen LogP) is 3.15. The maximum atomic E-state index is 8.52. The lowest BCUT2D eigenvalue weighted by Crippen LogP contribution is -2.10. The van der Waals surface area contributed by atoms with Crippen molar-refractivity contribution in [3.8, 4) is 0 Å². The molecular weight excluding hydrogens is 216 g/mol. The number of hydrogen-bond acceptors (Lipinski definition) is 3. The van der Waals surface area contributed by atoms with Crippen LogP contribution in [0, 0.1) is 0 Å². The molecule has 104 valence electrons. The van der Waals surface area contributed by atoms with Crippen LogP contribution in [0.25, 0.3) is 0 Å². The first-order chi connectivity index (χ1) is 8.00. The quantitative estimate of drug-likeness (QED) is 0.713. The average Bonchev–Trinajstić information content (AvgIpc) is 2.32. The third-order valence-corrected chi connectivity index (χ3v) is 2.15. The lowest BCUT2D eigenvalue weighted by molar-refractivity contribution is 0.0967. The first-order valence-electron chi connectivity index (χ1n) is 6.88. The summed E-state index contributed by atoms with van der Waals surface area (Å²) in [5.41, 5.74) is -0.500. The van der Waals surface area contributed by atoms with E-state index < -0.39 is 5.60 Å². The Hall–Kier alpha value is -0.120. The van der Waals surface area contributed by atoms with Gasteiger partial charge in [0.15, 0.2) is 0 Å². The van der Waals surface area contributed by atoms with E-state index in [9.17, 15) is 0 Å². The van der Waals surface area contributed by atoms with Crippen LogP contribution in [0.5, 0.6) is 0 Å². The van der Waals surface area contributed by atoms with E-state index in [1.165, 1.54) is 38.5 Å². The molecule has 0 unspecified atom stereocenters. The molecule has 2 saturated heterocycles. The number of ether oxygens (including phenoxy) is 2. The molecule has 2 fully saturated rings. The van der Waals surface area contributed by atoms with Gasteiger partial charge in [0.2, 0.25) is 0 Å². The molecular formula is C14H30O3. The molecule has 2 aliphatic rings. The van der Waals surface area contributed by atoms with Gasteiger partial charge in [-0.3, -0.25) is 0 Å². The molecule has 0 aromatic rings. The van der Waals surface area contributed by atoms with Gasteiger partial charge in [-0.25, -0.2) is 0 Å². The zero-order chi connectivity index (χ0) is 13.0. The highest BCUT2D eigenvalue weighted by Crippen LogP contribution is 2.02. The summed E-state index contributed by atoms with van der Waals surface area (Å²) in [7, 11) is 0. The topological polar surface area (TPSA) is 38.7 Å². The normalized spacial score (nSPS) is 20.5. The Balaban J connectivity index is 0.000000228. The molecule has 0 saturated carbocycles. The Bertz CT molecular complexity index is 103. The standard InChI is InChI=1S/2C5H10O.C4H10O/c2*1-2-4-6-5-3-1;1-4(2,3)5/h2*1-5H2;5H,1-3H3. The monoisotopic (exact) mass is 246 g/mol. The first-order valence-corrected chi connectivity index (χ1v) is 6.88. The van der Waals surface area contributed by atoms with Crippen LogP contribution in [0.1, 0.15) is 59.3 Å². The molecule has 0 bridgehead atoms. The third-order valence-electron chi connectivity index (χ3n) is 2.15. The highest BCUT2D eigenvalue weighted by Gasteiger charge is 1.98. The maximum absolute atomic E-state index is 8.52. The second kappa shape index (κ2) is 11.0. The summed E-state index contributed by atoms with van der Waals surface area (Å²) in [6.07, 6.45) is 7.86. The van der Waals surface area contributed by atoms with Crippen molar-refractivity contribution in [1.82, 2.24) is 0 Å². The summed E-state index contributed by atoms with van der Waals surface area (Å²) in [5, 5.41) is 8.52. The highest BCUT2D eigenvalue weighted by molar-refractivity contribution is 4.51. The summed E-state index contributed by atoms with van der Waals surface area (Å²) in [5.74, 6) is 0. The molecule has 0 aromatic carbocycles. The minimum absolute atomic E-state index is 0.500. The Labute approximate surface area is 107 Å². The van der Waals surface area contributed by atoms with Crippen LogP contribution in [0.2, 0.25) is 0 Å². The van der Waals surface area contributed by atoms with E-state index in [1.807, 2.05) is 0 Å². The molecule has 3 heteroatoms. The smallest absolute Gasteiger partial charge is 0.0563 e. The molecule has 2 aliphatic heterocycles. The van der Waals surface area contributed by atoms with Crippen molar-refractivity contribution in [1.29, 1.82) is 0 Å². The van der Waals surface area contributed by atoms with E-state index in [0.717, 1.165) is 26.4 Å². The zero-order valence-corrected chi connectivity index (χ0v) is 11.8. The highest BCUT2D eigenvalue weighted by atomic mass is 16.5. The van der Waals surface area contributed by atoms with Crippen molar-refractivity contribution in [3.05, 3.63) is 0 Å². The average molecular weight is 246 g/mol. The minimum Gasteiger partial charge on any atom is -0.391 e. The van der Waals surface area contributed by atoms with Gasteiger partial charge in [0.25, 0.3) is 0 Å². The van der Waals surface area contributed by atoms with E-state index >= 15 is 0 Å². The predicted molar refractivity (Wildman–Crippen MR) is 71.3 cm³/mol. The minimum atomic E-state index is -0.500. The number of aliphatic hydroxyl groups is 1. The Morgan fingerprint density at radius 1 is 0.647 bits per heavy atom. The van der Waals surface area contributed by atoms with E-state index in [1.54, 1.807) is 20.8 Å². The first kappa shape index (κ1) is 16.9. The molecule has 0 spiro atoms. The molecule has 3 nitrogen and oxygen atoms in total. The second-order valence-electron chi connectivity index (χ2n) is 5.52. The van der Waals surface area contributed by atoms with Crippen LogP contribution < -0.4 is 0 Å². The van der Waals surface area contributed by atoms with E-state index in [0.29, 0.717) is 0 Å². The third kappa shape index (κ3) is 21.7. The van der Waals surface area contributed by atoms with Crippen LogP contribution in [0.15, 0.2) is 0 Å². The fraction of sp³-hybridized carbons (Fsp3) is 1.00. The maximum Gasteiger partial charge on any atom is 0.0563 e. The van der Waals surface area contributed by atoms with Crippen molar-refractivity contribution in [2.75, 3.05) is 26.4 Å². The van der Waals surface area contributed by atoms with Crippen LogP contribution in [0.3, 0.4) is 0 Å².